The zero-order valence-electron chi connectivity index (χ0n) is 8.12. The third kappa shape index (κ3) is 3.26. The van der Waals surface area contributed by atoms with Gasteiger partial charge in [0.1, 0.15) is 5.85 Å². The molecule has 0 aliphatic carbocycles. The van der Waals surface area contributed by atoms with Crippen molar-refractivity contribution in [1.82, 2.24) is 0 Å². The van der Waals surface area contributed by atoms with Crippen LogP contribution in [0.5, 0.6) is 0 Å². The van der Waals surface area contributed by atoms with Gasteiger partial charge in [-0.15, -0.1) is 0 Å². The topological polar surface area (TPSA) is 46.5 Å². The molecule has 0 aromatic carbocycles. The van der Waals surface area contributed by atoms with Gasteiger partial charge in [0.05, 0.1) is 6.61 Å². The number of hydrogen-bond donors (Lipinski definition) is 1. The third-order valence-corrected chi connectivity index (χ3v) is 4.53. The van der Waals surface area contributed by atoms with Crippen LogP contribution in [0, 0.1) is 0 Å². The molecule has 0 saturated heterocycles. The first kappa shape index (κ1) is 12.2. The van der Waals surface area contributed by atoms with Crippen LogP contribution in [0.3, 0.4) is 0 Å². The average Bonchev–Trinajstić information content (AvgIpc) is 2.05. The summed E-state index contributed by atoms with van der Waals surface area (Å²) in [5.74, 6) is -0.771. The first-order valence-electron chi connectivity index (χ1n) is 4.52. The summed E-state index contributed by atoms with van der Waals surface area (Å²) in [5, 5.41) is 9.51. The average molecular weight is 194 g/mol. The van der Waals surface area contributed by atoms with E-state index in [2.05, 4.69) is 0 Å². The molecule has 74 valence electrons. The highest BCUT2D eigenvalue weighted by Crippen LogP contribution is 2.51. The van der Waals surface area contributed by atoms with E-state index in [1.807, 2.05) is 6.92 Å². The molecule has 0 fully saturated rings. The lowest BCUT2D eigenvalue weighted by molar-refractivity contribution is 0.201. The van der Waals surface area contributed by atoms with Crippen LogP contribution >= 0.6 is 7.37 Å². The smallest absolute Gasteiger partial charge is 0.230 e. The molecular weight excluding hydrogens is 175 g/mol. The quantitative estimate of drug-likeness (QED) is 0.660. The highest BCUT2D eigenvalue weighted by atomic mass is 31.2. The fraction of sp³-hybridized carbons (Fsp3) is 1.00. The van der Waals surface area contributed by atoms with Gasteiger partial charge >= 0.3 is 0 Å². The Hall–Kier alpha value is 0.150. The summed E-state index contributed by atoms with van der Waals surface area (Å²) >= 11 is 0. The molecule has 0 aliphatic heterocycles. The fourth-order valence-corrected chi connectivity index (χ4v) is 2.93. The van der Waals surface area contributed by atoms with E-state index in [4.69, 9.17) is 4.52 Å². The summed E-state index contributed by atoms with van der Waals surface area (Å²) in [6, 6.07) is 0. The maximum absolute atomic E-state index is 11.8. The Balaban J connectivity index is 4.19. The normalized spacial score (nSPS) is 18.7. The van der Waals surface area contributed by atoms with Crippen LogP contribution in [0.2, 0.25) is 0 Å². The number of rotatable bonds is 6. The molecule has 0 rings (SSSR count). The molecule has 0 spiro atoms. The second-order valence-electron chi connectivity index (χ2n) is 2.73. The monoisotopic (exact) mass is 194 g/mol. The Morgan fingerprint density at radius 1 is 1.42 bits per heavy atom. The minimum Gasteiger partial charge on any atom is -0.383 e. The molecule has 1 N–H and O–H groups in total. The van der Waals surface area contributed by atoms with Crippen molar-refractivity contribution in [2.75, 3.05) is 12.8 Å². The highest BCUT2D eigenvalue weighted by Gasteiger charge is 2.29. The van der Waals surface area contributed by atoms with E-state index >= 15 is 0 Å². The van der Waals surface area contributed by atoms with E-state index in [0.29, 0.717) is 19.2 Å². The molecule has 0 radical (unpaired) electrons. The van der Waals surface area contributed by atoms with Crippen molar-refractivity contribution in [3.63, 3.8) is 0 Å². The minimum absolute atomic E-state index is 0.409. The van der Waals surface area contributed by atoms with Gasteiger partial charge in [-0.2, -0.15) is 0 Å². The van der Waals surface area contributed by atoms with Gasteiger partial charge in [-0.1, -0.05) is 20.3 Å². The van der Waals surface area contributed by atoms with Gasteiger partial charge in [0.2, 0.25) is 7.37 Å². The summed E-state index contributed by atoms with van der Waals surface area (Å²) in [7, 11) is -2.75. The van der Waals surface area contributed by atoms with E-state index in [-0.39, 0.29) is 0 Å². The number of hydrogen-bond acceptors (Lipinski definition) is 3. The van der Waals surface area contributed by atoms with Crippen LogP contribution in [0.15, 0.2) is 0 Å². The van der Waals surface area contributed by atoms with Crippen molar-refractivity contribution in [2.45, 2.75) is 39.5 Å². The maximum Gasteiger partial charge on any atom is 0.230 e. The molecule has 0 saturated carbocycles. The van der Waals surface area contributed by atoms with Gasteiger partial charge < -0.3 is 9.63 Å². The van der Waals surface area contributed by atoms with Crippen LogP contribution in [-0.2, 0) is 9.09 Å². The first-order valence-corrected chi connectivity index (χ1v) is 6.40. The molecule has 0 aromatic rings. The predicted octanol–water partition coefficient (Wildman–Crippen LogP) is 2.44. The standard InChI is InChI=1S/C8H19O3P/c1-4-7-8(9)12(10,6-3)11-5-2/h8-9H,4-7H2,1-3H3. The lowest BCUT2D eigenvalue weighted by Crippen LogP contribution is -2.11. The predicted molar refractivity (Wildman–Crippen MR) is 50.7 cm³/mol. The fourth-order valence-electron chi connectivity index (χ4n) is 1.06. The van der Waals surface area contributed by atoms with Crippen LogP contribution in [0.25, 0.3) is 0 Å². The molecule has 12 heavy (non-hydrogen) atoms. The summed E-state index contributed by atoms with van der Waals surface area (Å²) in [6.45, 7) is 5.94. The van der Waals surface area contributed by atoms with Crippen molar-refractivity contribution in [3.8, 4) is 0 Å². The highest BCUT2D eigenvalue weighted by molar-refractivity contribution is 7.59. The van der Waals surface area contributed by atoms with Crippen LogP contribution in [0.1, 0.15) is 33.6 Å². The molecule has 3 nitrogen and oxygen atoms in total. The van der Waals surface area contributed by atoms with Crippen LogP contribution in [0.4, 0.5) is 0 Å². The Bertz CT molecular complexity index is 158. The molecular formula is C8H19O3P. The Morgan fingerprint density at radius 3 is 2.33 bits per heavy atom. The number of aliphatic hydroxyl groups is 1. The summed E-state index contributed by atoms with van der Waals surface area (Å²) < 4.78 is 16.9. The second-order valence-corrected chi connectivity index (χ2v) is 5.67. The summed E-state index contributed by atoms with van der Waals surface area (Å²) in [4.78, 5) is 0. The zero-order valence-corrected chi connectivity index (χ0v) is 9.01. The summed E-state index contributed by atoms with van der Waals surface area (Å²) in [6.07, 6.45) is 1.81. The molecule has 0 heterocycles. The SMILES string of the molecule is CCCC(O)P(=O)(CC)OCC. The lowest BCUT2D eigenvalue weighted by atomic mass is 10.4. The molecule has 0 aliphatic rings. The van der Waals surface area contributed by atoms with E-state index in [9.17, 15) is 9.67 Å². The molecule has 0 bridgehead atoms. The van der Waals surface area contributed by atoms with Gasteiger partial charge in [-0.3, -0.25) is 4.57 Å². The van der Waals surface area contributed by atoms with Gasteiger partial charge in [-0.05, 0) is 13.3 Å². The lowest BCUT2D eigenvalue weighted by Gasteiger charge is -2.21. The molecule has 0 aromatic heterocycles. The Kier molecular flexibility index (Phi) is 5.81. The molecule has 4 heteroatoms. The van der Waals surface area contributed by atoms with Gasteiger partial charge in [0.15, 0.2) is 0 Å². The molecule has 2 atom stereocenters. The third-order valence-electron chi connectivity index (χ3n) is 1.79. The first-order chi connectivity index (χ1) is 5.60. The van der Waals surface area contributed by atoms with Crippen molar-refractivity contribution >= 4 is 7.37 Å². The van der Waals surface area contributed by atoms with Gasteiger partial charge in [0, 0.05) is 6.16 Å². The van der Waals surface area contributed by atoms with E-state index in [1.54, 1.807) is 13.8 Å². The summed E-state index contributed by atoms with van der Waals surface area (Å²) in [5.41, 5.74) is 0. The van der Waals surface area contributed by atoms with Gasteiger partial charge in [-0.25, -0.2) is 0 Å². The molecule has 2 unspecified atom stereocenters. The largest absolute Gasteiger partial charge is 0.383 e. The van der Waals surface area contributed by atoms with E-state index in [1.165, 1.54) is 0 Å². The maximum atomic E-state index is 11.8. The second kappa shape index (κ2) is 5.74. The molecule has 0 amide bonds. The Morgan fingerprint density at radius 2 is 2.00 bits per heavy atom. The van der Waals surface area contributed by atoms with Crippen molar-refractivity contribution < 1.29 is 14.2 Å². The zero-order chi connectivity index (χ0) is 9.61. The van der Waals surface area contributed by atoms with Crippen LogP contribution < -0.4 is 0 Å². The number of aliphatic hydroxyl groups excluding tert-OH is 1. The van der Waals surface area contributed by atoms with E-state index < -0.39 is 13.2 Å². The van der Waals surface area contributed by atoms with E-state index in [0.717, 1.165) is 6.42 Å². The minimum atomic E-state index is -2.75. The van der Waals surface area contributed by atoms with Gasteiger partial charge in [0.25, 0.3) is 0 Å². The Labute approximate surface area is 74.6 Å². The van der Waals surface area contributed by atoms with Crippen molar-refractivity contribution in [3.05, 3.63) is 0 Å². The van der Waals surface area contributed by atoms with Crippen LogP contribution in [-0.4, -0.2) is 23.7 Å². The van der Waals surface area contributed by atoms with Crippen molar-refractivity contribution in [2.24, 2.45) is 0 Å². The van der Waals surface area contributed by atoms with Crippen molar-refractivity contribution in [1.29, 1.82) is 0 Å².